The molecule has 0 bridgehead atoms. The molecule has 80 valence electrons. The van der Waals surface area contributed by atoms with E-state index in [0.717, 1.165) is 6.07 Å². The van der Waals surface area contributed by atoms with Crippen molar-refractivity contribution in [1.29, 1.82) is 0 Å². The summed E-state index contributed by atoms with van der Waals surface area (Å²) in [6, 6.07) is 2.44. The van der Waals surface area contributed by atoms with Crippen molar-refractivity contribution in [3.8, 4) is 5.75 Å². The molecule has 0 amide bonds. The SMILES string of the molecule is COc1cc(Br)c([N+](=O)[O-])c(C(=O)O)c1. The van der Waals surface area contributed by atoms with Gasteiger partial charge in [-0.25, -0.2) is 4.79 Å². The van der Waals surface area contributed by atoms with Gasteiger partial charge in [-0.2, -0.15) is 0 Å². The normalized spacial score (nSPS) is 9.73. The smallest absolute Gasteiger partial charge is 0.342 e. The predicted molar refractivity (Wildman–Crippen MR) is 54.3 cm³/mol. The number of aromatic carboxylic acids is 1. The predicted octanol–water partition coefficient (Wildman–Crippen LogP) is 2.06. The maximum absolute atomic E-state index is 10.8. The molecule has 1 N–H and O–H groups in total. The minimum absolute atomic E-state index is 0.0734. The third-order valence-electron chi connectivity index (χ3n) is 1.69. The van der Waals surface area contributed by atoms with Gasteiger partial charge in [-0.05, 0) is 15.9 Å². The van der Waals surface area contributed by atoms with Gasteiger partial charge in [0.15, 0.2) is 0 Å². The van der Waals surface area contributed by atoms with E-state index in [9.17, 15) is 14.9 Å². The Labute approximate surface area is 92.8 Å². The van der Waals surface area contributed by atoms with Crippen molar-refractivity contribution in [2.45, 2.75) is 0 Å². The first kappa shape index (κ1) is 11.4. The van der Waals surface area contributed by atoms with Crippen molar-refractivity contribution < 1.29 is 19.6 Å². The van der Waals surface area contributed by atoms with Crippen molar-refractivity contribution in [3.05, 3.63) is 32.3 Å². The third-order valence-corrected chi connectivity index (χ3v) is 2.29. The standard InChI is InChI=1S/C8H6BrNO5/c1-15-4-2-5(8(11)12)7(10(13)14)6(9)3-4/h2-3H,1H3,(H,11,12). The molecule has 0 saturated carbocycles. The molecular formula is C8H6BrNO5. The molecule has 0 aliphatic heterocycles. The van der Waals surface area contributed by atoms with Crippen LogP contribution in [0.4, 0.5) is 5.69 Å². The number of ether oxygens (including phenoxy) is 1. The van der Waals surface area contributed by atoms with Crippen LogP contribution in [-0.4, -0.2) is 23.1 Å². The molecule has 1 rings (SSSR count). The largest absolute Gasteiger partial charge is 0.497 e. The van der Waals surface area contributed by atoms with E-state index < -0.39 is 22.1 Å². The molecule has 1 aromatic rings. The number of nitro groups is 1. The molecule has 15 heavy (non-hydrogen) atoms. The average molecular weight is 276 g/mol. The first-order valence-electron chi connectivity index (χ1n) is 3.72. The fraction of sp³-hybridized carbons (Fsp3) is 0.125. The summed E-state index contributed by atoms with van der Waals surface area (Å²) in [6.07, 6.45) is 0. The summed E-state index contributed by atoms with van der Waals surface area (Å²) in [5.74, 6) is -1.13. The Morgan fingerprint density at radius 2 is 2.20 bits per heavy atom. The number of hydrogen-bond acceptors (Lipinski definition) is 4. The topological polar surface area (TPSA) is 89.7 Å². The van der Waals surface area contributed by atoms with E-state index in [1.54, 1.807) is 0 Å². The fourth-order valence-corrected chi connectivity index (χ4v) is 1.62. The van der Waals surface area contributed by atoms with Crippen molar-refractivity contribution in [2.75, 3.05) is 7.11 Å². The molecule has 1 aromatic carbocycles. The van der Waals surface area contributed by atoms with E-state index >= 15 is 0 Å². The summed E-state index contributed by atoms with van der Waals surface area (Å²) in [4.78, 5) is 20.6. The van der Waals surface area contributed by atoms with Crippen LogP contribution in [0, 0.1) is 10.1 Å². The van der Waals surface area contributed by atoms with E-state index in [0.29, 0.717) is 0 Å². The van der Waals surface area contributed by atoms with Gasteiger partial charge in [0.05, 0.1) is 16.5 Å². The Bertz CT molecular complexity index is 431. The average Bonchev–Trinajstić information content (AvgIpc) is 2.15. The van der Waals surface area contributed by atoms with Crippen molar-refractivity contribution >= 4 is 27.6 Å². The van der Waals surface area contributed by atoms with Gasteiger partial charge in [0, 0.05) is 12.1 Å². The second kappa shape index (κ2) is 4.26. The minimum atomic E-state index is -1.37. The molecule has 0 spiro atoms. The Morgan fingerprint density at radius 3 is 2.60 bits per heavy atom. The van der Waals surface area contributed by atoms with E-state index in [1.807, 2.05) is 0 Å². The molecule has 0 aliphatic carbocycles. The van der Waals surface area contributed by atoms with Gasteiger partial charge in [-0.15, -0.1) is 0 Å². The molecule has 7 heteroatoms. The Kier molecular flexibility index (Phi) is 3.25. The number of rotatable bonds is 3. The van der Waals surface area contributed by atoms with E-state index in [1.165, 1.54) is 13.2 Å². The van der Waals surface area contributed by atoms with Crippen molar-refractivity contribution in [3.63, 3.8) is 0 Å². The first-order chi connectivity index (χ1) is 6.97. The molecular weight excluding hydrogens is 270 g/mol. The number of hydrogen-bond donors (Lipinski definition) is 1. The van der Waals surface area contributed by atoms with Crippen LogP contribution < -0.4 is 4.74 Å². The number of nitro benzene ring substituents is 1. The Balaban J connectivity index is 3.49. The van der Waals surface area contributed by atoms with Crippen LogP contribution in [0.25, 0.3) is 0 Å². The molecule has 0 saturated heterocycles. The van der Waals surface area contributed by atoms with Crippen LogP contribution in [0.3, 0.4) is 0 Å². The van der Waals surface area contributed by atoms with Gasteiger partial charge >= 0.3 is 5.97 Å². The number of carbonyl (C=O) groups is 1. The molecule has 0 aliphatic rings. The summed E-state index contributed by atoms with van der Waals surface area (Å²) in [6.45, 7) is 0. The van der Waals surface area contributed by atoms with Crippen LogP contribution in [0.1, 0.15) is 10.4 Å². The molecule has 0 radical (unpaired) electrons. The van der Waals surface area contributed by atoms with Gasteiger partial charge < -0.3 is 9.84 Å². The summed E-state index contributed by atoms with van der Waals surface area (Å²) in [7, 11) is 1.35. The molecule has 0 aromatic heterocycles. The zero-order chi connectivity index (χ0) is 11.6. The zero-order valence-electron chi connectivity index (χ0n) is 7.56. The van der Waals surface area contributed by atoms with Gasteiger partial charge in [0.25, 0.3) is 5.69 Å². The highest BCUT2D eigenvalue weighted by Gasteiger charge is 2.24. The van der Waals surface area contributed by atoms with E-state index in [-0.39, 0.29) is 10.2 Å². The number of halogens is 1. The molecule has 0 atom stereocenters. The van der Waals surface area contributed by atoms with Crippen molar-refractivity contribution in [2.24, 2.45) is 0 Å². The quantitative estimate of drug-likeness (QED) is 0.674. The van der Waals surface area contributed by atoms with Gasteiger partial charge in [-0.3, -0.25) is 10.1 Å². The van der Waals surface area contributed by atoms with Crippen LogP contribution in [0.2, 0.25) is 0 Å². The summed E-state index contributed by atoms with van der Waals surface area (Å²) >= 11 is 2.92. The lowest BCUT2D eigenvalue weighted by molar-refractivity contribution is -0.386. The maximum Gasteiger partial charge on any atom is 0.342 e. The highest BCUT2D eigenvalue weighted by molar-refractivity contribution is 9.10. The monoisotopic (exact) mass is 275 g/mol. The maximum atomic E-state index is 10.8. The lowest BCUT2D eigenvalue weighted by atomic mass is 10.1. The highest BCUT2D eigenvalue weighted by Crippen LogP contribution is 2.33. The Morgan fingerprint density at radius 1 is 1.60 bits per heavy atom. The summed E-state index contributed by atoms with van der Waals surface area (Å²) in [5.41, 5.74) is -0.894. The van der Waals surface area contributed by atoms with Crippen molar-refractivity contribution in [1.82, 2.24) is 0 Å². The molecule has 6 nitrogen and oxygen atoms in total. The molecule has 0 heterocycles. The van der Waals surface area contributed by atoms with Gasteiger partial charge in [0.2, 0.25) is 0 Å². The first-order valence-corrected chi connectivity index (χ1v) is 4.52. The van der Waals surface area contributed by atoms with Crippen LogP contribution >= 0.6 is 15.9 Å². The second-order valence-corrected chi connectivity index (χ2v) is 3.42. The Hall–Kier alpha value is -1.63. The fourth-order valence-electron chi connectivity index (χ4n) is 1.04. The second-order valence-electron chi connectivity index (χ2n) is 2.57. The summed E-state index contributed by atoms with van der Waals surface area (Å²) in [5, 5.41) is 19.4. The lowest BCUT2D eigenvalue weighted by Crippen LogP contribution is -2.04. The highest BCUT2D eigenvalue weighted by atomic mass is 79.9. The van der Waals surface area contributed by atoms with Crippen LogP contribution in [-0.2, 0) is 0 Å². The van der Waals surface area contributed by atoms with Crippen LogP contribution in [0.5, 0.6) is 5.75 Å². The molecule has 0 fully saturated rings. The number of methoxy groups -OCH3 is 1. The van der Waals surface area contributed by atoms with Crippen LogP contribution in [0.15, 0.2) is 16.6 Å². The third kappa shape index (κ3) is 2.24. The summed E-state index contributed by atoms with van der Waals surface area (Å²) < 4.78 is 4.88. The van der Waals surface area contributed by atoms with E-state index in [2.05, 4.69) is 15.9 Å². The van der Waals surface area contributed by atoms with E-state index in [4.69, 9.17) is 9.84 Å². The number of carboxylic acids is 1. The zero-order valence-corrected chi connectivity index (χ0v) is 9.15. The van der Waals surface area contributed by atoms with Gasteiger partial charge in [-0.1, -0.05) is 0 Å². The number of carboxylic acid groups (broad SMARTS) is 1. The van der Waals surface area contributed by atoms with Gasteiger partial charge in [0.1, 0.15) is 11.3 Å². The number of benzene rings is 1. The minimum Gasteiger partial charge on any atom is -0.497 e. The number of nitrogens with zero attached hydrogens (tertiary/aromatic N) is 1. The lowest BCUT2D eigenvalue weighted by Gasteiger charge is -2.04. The molecule has 0 unspecified atom stereocenters.